The molecule has 4 heteroatoms. The van der Waals surface area contributed by atoms with E-state index in [0.29, 0.717) is 12.3 Å². The minimum Gasteiger partial charge on any atom is -0.354 e. The highest BCUT2D eigenvalue weighted by molar-refractivity contribution is 6.33. The average Bonchev–Trinajstić information content (AvgIpc) is 2.38. The zero-order valence-corrected chi connectivity index (χ0v) is 14.4. The van der Waals surface area contributed by atoms with Crippen molar-refractivity contribution < 1.29 is 4.79 Å². The second-order valence-corrected chi connectivity index (χ2v) is 7.85. The van der Waals surface area contributed by atoms with Crippen LogP contribution in [0.3, 0.4) is 0 Å². The molecular formula is C17H25Cl2NO. The van der Waals surface area contributed by atoms with Crippen LogP contribution in [0.2, 0.25) is 0 Å². The van der Waals surface area contributed by atoms with E-state index in [9.17, 15) is 4.79 Å². The molecule has 1 unspecified atom stereocenters. The maximum atomic E-state index is 11.9. The molecule has 0 heterocycles. The molecule has 1 fully saturated rings. The lowest BCUT2D eigenvalue weighted by Crippen LogP contribution is -2.36. The van der Waals surface area contributed by atoms with Gasteiger partial charge in [-0.25, -0.2) is 0 Å². The largest absolute Gasteiger partial charge is 0.354 e. The van der Waals surface area contributed by atoms with Gasteiger partial charge in [-0.1, -0.05) is 43.0 Å². The number of hydrogen-bond donors (Lipinski definition) is 1. The fourth-order valence-electron chi connectivity index (χ4n) is 3.28. The van der Waals surface area contributed by atoms with E-state index in [1.54, 1.807) is 0 Å². The third kappa shape index (κ3) is 4.75. The van der Waals surface area contributed by atoms with Gasteiger partial charge in [0.1, 0.15) is 0 Å². The predicted molar refractivity (Wildman–Crippen MR) is 89.7 cm³/mol. The standard InChI is InChI=1S/C17H25Cl2NO/c1-12(2)20-16(21)11-17(19)9-8-14(15(18)10-17)13-6-4-3-5-7-13/h8-9,12-13H,3-7,10-11H2,1-2H3,(H,20,21). The molecule has 2 aliphatic carbocycles. The maximum Gasteiger partial charge on any atom is 0.222 e. The molecule has 0 saturated heterocycles. The molecule has 0 aromatic heterocycles. The molecule has 0 aromatic rings. The molecule has 1 saturated carbocycles. The van der Waals surface area contributed by atoms with Crippen molar-refractivity contribution in [3.05, 3.63) is 22.8 Å². The van der Waals surface area contributed by atoms with Gasteiger partial charge < -0.3 is 5.32 Å². The quantitative estimate of drug-likeness (QED) is 0.729. The lowest BCUT2D eigenvalue weighted by Gasteiger charge is -2.31. The van der Waals surface area contributed by atoms with E-state index in [4.69, 9.17) is 23.2 Å². The van der Waals surface area contributed by atoms with Crippen LogP contribution in [-0.4, -0.2) is 16.8 Å². The number of halogens is 2. The van der Waals surface area contributed by atoms with Crippen molar-refractivity contribution in [1.82, 2.24) is 5.32 Å². The molecule has 0 spiro atoms. The summed E-state index contributed by atoms with van der Waals surface area (Å²) in [5.74, 6) is 0.559. The molecule has 2 rings (SSSR count). The Labute approximate surface area is 138 Å². The minimum absolute atomic E-state index is 0.0183. The van der Waals surface area contributed by atoms with Crippen LogP contribution in [0, 0.1) is 5.92 Å². The summed E-state index contributed by atoms with van der Waals surface area (Å²) in [6, 6.07) is 0.133. The SMILES string of the molecule is CC(C)NC(=O)CC1(Cl)C=CC(C2CCCCC2)=C(Cl)C1. The molecular weight excluding hydrogens is 305 g/mol. The smallest absolute Gasteiger partial charge is 0.222 e. The normalized spacial score (nSPS) is 27.3. The zero-order valence-electron chi connectivity index (χ0n) is 12.9. The van der Waals surface area contributed by atoms with Crippen molar-refractivity contribution in [2.45, 2.75) is 69.7 Å². The van der Waals surface area contributed by atoms with Gasteiger partial charge >= 0.3 is 0 Å². The lowest BCUT2D eigenvalue weighted by molar-refractivity contribution is -0.121. The van der Waals surface area contributed by atoms with Crippen molar-refractivity contribution in [2.75, 3.05) is 0 Å². The Morgan fingerprint density at radius 3 is 2.62 bits per heavy atom. The Balaban J connectivity index is 2.00. The van der Waals surface area contributed by atoms with E-state index in [-0.39, 0.29) is 18.4 Å². The fraction of sp³-hybridized carbons (Fsp3) is 0.706. The first-order valence-electron chi connectivity index (χ1n) is 7.96. The molecule has 0 aliphatic heterocycles. The first-order chi connectivity index (χ1) is 9.89. The number of amides is 1. The van der Waals surface area contributed by atoms with E-state index in [1.807, 2.05) is 19.9 Å². The molecule has 21 heavy (non-hydrogen) atoms. The van der Waals surface area contributed by atoms with Crippen LogP contribution >= 0.6 is 23.2 Å². The van der Waals surface area contributed by atoms with Crippen molar-refractivity contribution in [1.29, 1.82) is 0 Å². The molecule has 2 nitrogen and oxygen atoms in total. The summed E-state index contributed by atoms with van der Waals surface area (Å²) < 4.78 is 0. The van der Waals surface area contributed by atoms with E-state index >= 15 is 0 Å². The Kier molecular flexibility index (Phi) is 5.79. The van der Waals surface area contributed by atoms with Crippen molar-refractivity contribution in [3.8, 4) is 0 Å². The third-order valence-electron chi connectivity index (χ3n) is 4.27. The Bertz CT molecular complexity index is 450. The molecule has 0 bridgehead atoms. The molecule has 2 aliphatic rings. The van der Waals surface area contributed by atoms with E-state index in [0.717, 1.165) is 5.03 Å². The Morgan fingerprint density at radius 2 is 2.05 bits per heavy atom. The highest BCUT2D eigenvalue weighted by Crippen LogP contribution is 2.42. The van der Waals surface area contributed by atoms with Gasteiger partial charge in [-0.05, 0) is 38.2 Å². The zero-order chi connectivity index (χ0) is 15.5. The van der Waals surface area contributed by atoms with E-state index < -0.39 is 4.87 Å². The van der Waals surface area contributed by atoms with Crippen LogP contribution in [0.25, 0.3) is 0 Å². The van der Waals surface area contributed by atoms with Crippen molar-refractivity contribution in [3.63, 3.8) is 0 Å². The van der Waals surface area contributed by atoms with Gasteiger partial charge in [0.25, 0.3) is 0 Å². The molecule has 0 radical (unpaired) electrons. The van der Waals surface area contributed by atoms with Crippen LogP contribution in [0.1, 0.15) is 58.8 Å². The second kappa shape index (κ2) is 7.19. The summed E-state index contributed by atoms with van der Waals surface area (Å²) in [5, 5.41) is 3.73. The molecule has 118 valence electrons. The molecule has 1 N–H and O–H groups in total. The van der Waals surface area contributed by atoms with Crippen molar-refractivity contribution in [2.24, 2.45) is 5.92 Å². The topological polar surface area (TPSA) is 29.1 Å². The Morgan fingerprint density at radius 1 is 1.38 bits per heavy atom. The summed E-state index contributed by atoms with van der Waals surface area (Å²) in [6.45, 7) is 3.90. The van der Waals surface area contributed by atoms with Gasteiger partial charge in [-0.15, -0.1) is 11.6 Å². The number of carbonyl (C=O) groups is 1. The molecule has 1 atom stereocenters. The number of allylic oxidation sites excluding steroid dienone is 4. The number of nitrogens with one attached hydrogen (secondary N) is 1. The second-order valence-electron chi connectivity index (χ2n) is 6.64. The highest BCUT2D eigenvalue weighted by Gasteiger charge is 2.33. The van der Waals surface area contributed by atoms with Crippen LogP contribution in [0.15, 0.2) is 22.8 Å². The minimum atomic E-state index is -0.672. The summed E-state index contributed by atoms with van der Waals surface area (Å²) in [5.41, 5.74) is 1.25. The monoisotopic (exact) mass is 329 g/mol. The van der Waals surface area contributed by atoms with Gasteiger partial charge in [-0.2, -0.15) is 0 Å². The number of carbonyl (C=O) groups excluding carboxylic acids is 1. The first kappa shape index (κ1) is 16.9. The van der Waals surface area contributed by atoms with Crippen LogP contribution in [-0.2, 0) is 4.79 Å². The summed E-state index contributed by atoms with van der Waals surface area (Å²) in [6.07, 6.45) is 11.2. The molecule has 1 amide bonds. The van der Waals surface area contributed by atoms with Crippen LogP contribution < -0.4 is 5.32 Å². The first-order valence-corrected chi connectivity index (χ1v) is 8.71. The van der Waals surface area contributed by atoms with Gasteiger partial charge in [-0.3, -0.25) is 4.79 Å². The van der Waals surface area contributed by atoms with Gasteiger partial charge in [0.2, 0.25) is 5.91 Å². The fourth-order valence-corrected chi connectivity index (χ4v) is 4.12. The van der Waals surface area contributed by atoms with Gasteiger partial charge in [0, 0.05) is 23.9 Å². The predicted octanol–water partition coefficient (Wildman–Crippen LogP) is 4.91. The van der Waals surface area contributed by atoms with E-state index in [1.165, 1.54) is 37.7 Å². The Hall–Kier alpha value is -0.470. The average molecular weight is 330 g/mol. The molecule has 0 aromatic carbocycles. The van der Waals surface area contributed by atoms with Crippen LogP contribution in [0.4, 0.5) is 0 Å². The van der Waals surface area contributed by atoms with Gasteiger partial charge in [0.15, 0.2) is 0 Å². The summed E-state index contributed by atoms with van der Waals surface area (Å²) in [7, 11) is 0. The number of hydrogen-bond acceptors (Lipinski definition) is 1. The number of alkyl halides is 1. The highest BCUT2D eigenvalue weighted by atomic mass is 35.5. The summed E-state index contributed by atoms with van der Waals surface area (Å²) >= 11 is 13.1. The van der Waals surface area contributed by atoms with Crippen molar-refractivity contribution >= 4 is 29.1 Å². The number of rotatable bonds is 4. The van der Waals surface area contributed by atoms with Crippen LogP contribution in [0.5, 0.6) is 0 Å². The lowest BCUT2D eigenvalue weighted by atomic mass is 9.80. The third-order valence-corrected chi connectivity index (χ3v) is 5.02. The maximum absolute atomic E-state index is 11.9. The summed E-state index contributed by atoms with van der Waals surface area (Å²) in [4.78, 5) is 11.3. The van der Waals surface area contributed by atoms with E-state index in [2.05, 4.69) is 11.4 Å². The van der Waals surface area contributed by atoms with Gasteiger partial charge in [0.05, 0.1) is 4.87 Å².